The van der Waals surface area contributed by atoms with Crippen molar-refractivity contribution in [3.05, 3.63) is 35.4 Å². The van der Waals surface area contributed by atoms with Gasteiger partial charge in [0, 0.05) is 12.7 Å². The minimum atomic E-state index is 1.09. The average Bonchev–Trinajstić information content (AvgIpc) is 2.19. The van der Waals surface area contributed by atoms with Crippen LogP contribution in [0.1, 0.15) is 31.4 Å². The van der Waals surface area contributed by atoms with Gasteiger partial charge < -0.3 is 5.32 Å². The molecule has 0 aromatic heterocycles. The van der Waals surface area contributed by atoms with Crippen LogP contribution in [0, 0.1) is 6.92 Å². The highest BCUT2D eigenvalue weighted by Gasteiger charge is 1.99. The maximum atomic E-state index is 3.21. The predicted octanol–water partition coefficient (Wildman–Crippen LogP) is 3.85. The molecule has 0 aliphatic heterocycles. The molecule has 0 unspecified atom stereocenters. The molecule has 0 radical (unpaired) electrons. The molecule has 0 saturated carbocycles. The lowest BCUT2D eigenvalue weighted by molar-refractivity contribution is 1.22. The molecule has 0 saturated heterocycles. The number of benzene rings is 1. The molecular weight excluding hydrogens is 170 g/mol. The fraction of sp³-hybridized carbons (Fsp3) is 0.385. The molecular formula is C13H19N. The third-order valence-corrected chi connectivity index (χ3v) is 2.47. The first-order valence-electron chi connectivity index (χ1n) is 5.14. The smallest absolute Gasteiger partial charge is 0.0373 e. The average molecular weight is 189 g/mol. The highest BCUT2D eigenvalue weighted by atomic mass is 14.8. The van der Waals surface area contributed by atoms with E-state index >= 15 is 0 Å². The first kappa shape index (κ1) is 10.8. The number of anilines is 1. The van der Waals surface area contributed by atoms with E-state index in [4.69, 9.17) is 0 Å². The molecule has 1 aromatic carbocycles. The summed E-state index contributed by atoms with van der Waals surface area (Å²) in [5, 5.41) is 3.21. The summed E-state index contributed by atoms with van der Waals surface area (Å²) in [7, 11) is 1.96. The van der Waals surface area contributed by atoms with Crippen molar-refractivity contribution in [3.8, 4) is 0 Å². The molecule has 1 N–H and O–H groups in total. The second kappa shape index (κ2) is 4.85. The monoisotopic (exact) mass is 189 g/mol. The zero-order valence-electron chi connectivity index (χ0n) is 9.52. The Morgan fingerprint density at radius 3 is 2.71 bits per heavy atom. The Morgan fingerprint density at radius 1 is 1.43 bits per heavy atom. The highest BCUT2D eigenvalue weighted by Crippen LogP contribution is 2.21. The molecule has 0 heterocycles. The Labute approximate surface area is 86.8 Å². The second-order valence-corrected chi connectivity index (χ2v) is 3.58. The van der Waals surface area contributed by atoms with Gasteiger partial charge in [-0.1, -0.05) is 25.1 Å². The van der Waals surface area contributed by atoms with Gasteiger partial charge in [-0.2, -0.15) is 0 Å². The van der Waals surface area contributed by atoms with Crippen LogP contribution in [0.2, 0.25) is 0 Å². The summed E-state index contributed by atoms with van der Waals surface area (Å²) in [6, 6.07) is 6.54. The van der Waals surface area contributed by atoms with E-state index < -0.39 is 0 Å². The van der Waals surface area contributed by atoms with Gasteiger partial charge in [-0.3, -0.25) is 0 Å². The number of allylic oxidation sites excluding steroid dienone is 2. The van der Waals surface area contributed by atoms with Gasteiger partial charge in [0.15, 0.2) is 0 Å². The summed E-state index contributed by atoms with van der Waals surface area (Å²) in [5.41, 5.74) is 5.16. The van der Waals surface area contributed by atoms with Gasteiger partial charge in [-0.15, -0.1) is 0 Å². The summed E-state index contributed by atoms with van der Waals surface area (Å²) in [6.07, 6.45) is 3.35. The van der Waals surface area contributed by atoms with Crippen molar-refractivity contribution in [1.82, 2.24) is 0 Å². The number of hydrogen-bond donors (Lipinski definition) is 1. The van der Waals surface area contributed by atoms with Crippen LogP contribution < -0.4 is 5.32 Å². The molecule has 0 atom stereocenters. The third-order valence-electron chi connectivity index (χ3n) is 2.47. The molecule has 1 aromatic rings. The SMILES string of the molecule is CCC=C(C)c1ccc(C)c(NC)c1. The number of aryl methyl sites for hydroxylation is 1. The molecule has 76 valence electrons. The van der Waals surface area contributed by atoms with Gasteiger partial charge in [0.1, 0.15) is 0 Å². The third kappa shape index (κ3) is 2.38. The van der Waals surface area contributed by atoms with Gasteiger partial charge >= 0.3 is 0 Å². The Hall–Kier alpha value is -1.24. The number of rotatable bonds is 3. The maximum absolute atomic E-state index is 3.21. The van der Waals surface area contributed by atoms with Crippen molar-refractivity contribution in [2.45, 2.75) is 27.2 Å². The van der Waals surface area contributed by atoms with Crippen molar-refractivity contribution in [2.24, 2.45) is 0 Å². The molecule has 0 amide bonds. The molecule has 1 rings (SSSR count). The van der Waals surface area contributed by atoms with Gasteiger partial charge in [0.2, 0.25) is 0 Å². The number of hydrogen-bond acceptors (Lipinski definition) is 1. The van der Waals surface area contributed by atoms with Crippen molar-refractivity contribution >= 4 is 11.3 Å². The lowest BCUT2D eigenvalue weighted by Crippen LogP contribution is -1.92. The normalized spacial score (nSPS) is 11.6. The fourth-order valence-corrected chi connectivity index (χ4v) is 1.56. The van der Waals surface area contributed by atoms with E-state index in [2.05, 4.69) is 50.4 Å². The van der Waals surface area contributed by atoms with Crippen molar-refractivity contribution in [1.29, 1.82) is 0 Å². The van der Waals surface area contributed by atoms with Crippen molar-refractivity contribution in [3.63, 3.8) is 0 Å². The summed E-state index contributed by atoms with van der Waals surface area (Å²) < 4.78 is 0. The predicted molar refractivity (Wildman–Crippen MR) is 64.7 cm³/mol. The Bertz CT molecular complexity index is 337. The Morgan fingerprint density at radius 2 is 2.14 bits per heavy atom. The topological polar surface area (TPSA) is 12.0 Å². The van der Waals surface area contributed by atoms with Crippen LogP contribution in [-0.4, -0.2) is 7.05 Å². The summed E-state index contributed by atoms with van der Waals surface area (Å²) >= 11 is 0. The van der Waals surface area contributed by atoms with Gasteiger partial charge in [0.05, 0.1) is 0 Å². The van der Waals surface area contributed by atoms with Crippen LogP contribution in [0.4, 0.5) is 5.69 Å². The molecule has 1 nitrogen and oxygen atoms in total. The molecule has 0 fully saturated rings. The van der Waals surface area contributed by atoms with Crippen LogP contribution in [0.25, 0.3) is 5.57 Å². The van der Waals surface area contributed by atoms with E-state index in [1.165, 1.54) is 22.4 Å². The molecule has 0 spiro atoms. The zero-order chi connectivity index (χ0) is 10.6. The first-order valence-corrected chi connectivity index (χ1v) is 5.14. The van der Waals surface area contributed by atoms with Gasteiger partial charge in [0.25, 0.3) is 0 Å². The maximum Gasteiger partial charge on any atom is 0.0373 e. The fourth-order valence-electron chi connectivity index (χ4n) is 1.56. The molecule has 1 heteroatoms. The van der Waals surface area contributed by atoms with E-state index in [0.717, 1.165) is 6.42 Å². The molecule has 0 aliphatic carbocycles. The summed E-state index contributed by atoms with van der Waals surface area (Å²) in [5.74, 6) is 0. The van der Waals surface area contributed by atoms with Crippen molar-refractivity contribution < 1.29 is 0 Å². The Kier molecular flexibility index (Phi) is 3.75. The van der Waals surface area contributed by atoms with Crippen molar-refractivity contribution in [2.75, 3.05) is 12.4 Å². The zero-order valence-corrected chi connectivity index (χ0v) is 9.52. The molecule has 14 heavy (non-hydrogen) atoms. The first-order chi connectivity index (χ1) is 6.69. The van der Waals surface area contributed by atoms with E-state index in [1.54, 1.807) is 0 Å². The van der Waals surface area contributed by atoms with Crippen LogP contribution in [0.15, 0.2) is 24.3 Å². The van der Waals surface area contributed by atoms with E-state index in [9.17, 15) is 0 Å². The van der Waals surface area contributed by atoms with Crippen LogP contribution in [-0.2, 0) is 0 Å². The van der Waals surface area contributed by atoms with E-state index in [1.807, 2.05) is 7.05 Å². The second-order valence-electron chi connectivity index (χ2n) is 3.58. The van der Waals surface area contributed by atoms with Crippen LogP contribution >= 0.6 is 0 Å². The Balaban J connectivity index is 3.06. The lowest BCUT2D eigenvalue weighted by Gasteiger charge is -2.08. The minimum absolute atomic E-state index is 1.09. The van der Waals surface area contributed by atoms with Crippen LogP contribution in [0.3, 0.4) is 0 Å². The van der Waals surface area contributed by atoms with Gasteiger partial charge in [-0.05, 0) is 43.0 Å². The van der Waals surface area contributed by atoms with E-state index in [0.29, 0.717) is 0 Å². The summed E-state index contributed by atoms with van der Waals surface area (Å²) in [6.45, 7) is 6.44. The lowest BCUT2D eigenvalue weighted by atomic mass is 10.0. The van der Waals surface area contributed by atoms with Gasteiger partial charge in [-0.25, -0.2) is 0 Å². The largest absolute Gasteiger partial charge is 0.388 e. The quantitative estimate of drug-likeness (QED) is 0.761. The molecule has 0 aliphatic rings. The van der Waals surface area contributed by atoms with Crippen LogP contribution in [0.5, 0.6) is 0 Å². The highest BCUT2D eigenvalue weighted by molar-refractivity contribution is 5.68. The number of nitrogens with one attached hydrogen (secondary N) is 1. The van der Waals surface area contributed by atoms with E-state index in [-0.39, 0.29) is 0 Å². The molecule has 0 bridgehead atoms. The minimum Gasteiger partial charge on any atom is -0.388 e. The summed E-state index contributed by atoms with van der Waals surface area (Å²) in [4.78, 5) is 0. The standard InChI is InChI=1S/C13H19N/c1-5-6-10(2)12-8-7-11(3)13(9-12)14-4/h6-9,14H,5H2,1-4H3.